The molecule has 0 aliphatic carbocycles. The van der Waals surface area contributed by atoms with Crippen molar-refractivity contribution in [2.45, 2.75) is 25.8 Å². The Morgan fingerprint density at radius 1 is 1.44 bits per heavy atom. The van der Waals surface area contributed by atoms with Crippen LogP contribution >= 0.6 is 0 Å². The van der Waals surface area contributed by atoms with E-state index in [0.717, 1.165) is 0 Å². The third kappa shape index (κ3) is 3.91. The number of carbonyl (C=O) groups is 2. The first-order chi connectivity index (χ1) is 8.34. The molecule has 1 aromatic carbocycles. The Morgan fingerprint density at radius 3 is 2.67 bits per heavy atom. The molecule has 2 amide bonds. The highest BCUT2D eigenvalue weighted by Crippen LogP contribution is 2.10. The number of benzene rings is 1. The lowest BCUT2D eigenvalue weighted by atomic mass is 9.99. The number of hydrogen-bond donors (Lipinski definition) is 2. The Morgan fingerprint density at radius 2 is 2.11 bits per heavy atom. The molecule has 0 bridgehead atoms. The number of nitriles is 1. The van der Waals surface area contributed by atoms with Crippen molar-refractivity contribution in [1.29, 1.82) is 5.26 Å². The van der Waals surface area contributed by atoms with Crippen molar-refractivity contribution in [3.05, 3.63) is 35.4 Å². The predicted molar refractivity (Wildman–Crippen MR) is 66.5 cm³/mol. The van der Waals surface area contributed by atoms with Gasteiger partial charge in [0.25, 0.3) is 5.91 Å². The van der Waals surface area contributed by atoms with Crippen molar-refractivity contribution in [2.75, 3.05) is 0 Å². The molecule has 1 aromatic rings. The zero-order valence-electron chi connectivity index (χ0n) is 10.4. The molecule has 94 valence electrons. The highest BCUT2D eigenvalue weighted by atomic mass is 16.2. The molecule has 3 N–H and O–H groups in total. The van der Waals surface area contributed by atoms with E-state index in [1.54, 1.807) is 32.0 Å². The minimum Gasteiger partial charge on any atom is -0.370 e. The van der Waals surface area contributed by atoms with Crippen molar-refractivity contribution in [3.8, 4) is 6.07 Å². The average Bonchev–Trinajstić information content (AvgIpc) is 2.26. The fraction of sp³-hybridized carbons (Fsp3) is 0.308. The summed E-state index contributed by atoms with van der Waals surface area (Å²) in [6, 6.07) is 8.32. The van der Waals surface area contributed by atoms with Gasteiger partial charge in [-0.15, -0.1) is 0 Å². The highest BCUT2D eigenvalue weighted by molar-refractivity contribution is 5.95. The van der Waals surface area contributed by atoms with E-state index < -0.39 is 11.4 Å². The van der Waals surface area contributed by atoms with Crippen molar-refractivity contribution >= 4 is 11.8 Å². The molecular formula is C13H15N3O2. The molecule has 18 heavy (non-hydrogen) atoms. The van der Waals surface area contributed by atoms with Gasteiger partial charge < -0.3 is 11.1 Å². The topological polar surface area (TPSA) is 96.0 Å². The minimum absolute atomic E-state index is 0.0523. The lowest BCUT2D eigenvalue weighted by Gasteiger charge is -2.24. The van der Waals surface area contributed by atoms with Crippen molar-refractivity contribution in [3.63, 3.8) is 0 Å². The summed E-state index contributed by atoms with van der Waals surface area (Å²) >= 11 is 0. The SMILES string of the molecule is CC(C)(CC(N)=O)NC(=O)c1cccc(C#N)c1. The quantitative estimate of drug-likeness (QED) is 0.826. The number of hydrogen-bond acceptors (Lipinski definition) is 3. The van der Waals surface area contributed by atoms with Gasteiger partial charge in [0.1, 0.15) is 0 Å². The number of carbonyl (C=O) groups excluding carboxylic acids is 2. The average molecular weight is 245 g/mol. The van der Waals surface area contributed by atoms with E-state index in [-0.39, 0.29) is 12.3 Å². The molecule has 0 aliphatic heterocycles. The minimum atomic E-state index is -0.717. The van der Waals surface area contributed by atoms with Gasteiger partial charge in [-0.2, -0.15) is 5.26 Å². The van der Waals surface area contributed by atoms with Crippen LogP contribution in [0.15, 0.2) is 24.3 Å². The fourth-order valence-corrected chi connectivity index (χ4v) is 1.59. The van der Waals surface area contributed by atoms with Crippen LogP contribution in [0, 0.1) is 11.3 Å². The molecule has 1 rings (SSSR count). The van der Waals surface area contributed by atoms with Crippen LogP contribution in [0.25, 0.3) is 0 Å². The van der Waals surface area contributed by atoms with E-state index in [1.165, 1.54) is 6.07 Å². The first-order valence-corrected chi connectivity index (χ1v) is 5.45. The summed E-state index contributed by atoms with van der Waals surface area (Å²) in [5.74, 6) is -0.815. The van der Waals surface area contributed by atoms with E-state index in [9.17, 15) is 9.59 Å². The molecule has 0 spiro atoms. The molecule has 5 nitrogen and oxygen atoms in total. The third-order valence-electron chi connectivity index (χ3n) is 2.32. The Kier molecular flexibility index (Phi) is 4.05. The van der Waals surface area contributed by atoms with Crippen LogP contribution in [-0.4, -0.2) is 17.4 Å². The normalized spacial score (nSPS) is 10.5. The van der Waals surface area contributed by atoms with Gasteiger partial charge in [-0.05, 0) is 32.0 Å². The van der Waals surface area contributed by atoms with E-state index >= 15 is 0 Å². The van der Waals surface area contributed by atoms with Crippen LogP contribution in [0.1, 0.15) is 36.2 Å². The molecule has 0 radical (unpaired) electrons. The summed E-state index contributed by atoms with van der Waals surface area (Å²) in [6.45, 7) is 3.42. The molecular weight excluding hydrogens is 230 g/mol. The molecule has 0 atom stereocenters. The number of rotatable bonds is 4. The van der Waals surface area contributed by atoms with E-state index in [1.807, 2.05) is 6.07 Å². The largest absolute Gasteiger partial charge is 0.370 e. The zero-order valence-corrected chi connectivity index (χ0v) is 10.4. The molecule has 0 unspecified atom stereocenters. The van der Waals surface area contributed by atoms with Crippen LogP contribution < -0.4 is 11.1 Å². The summed E-state index contributed by atoms with van der Waals surface area (Å²) in [6.07, 6.45) is 0.0523. The molecule has 0 saturated carbocycles. The van der Waals surface area contributed by atoms with Gasteiger partial charge >= 0.3 is 0 Å². The highest BCUT2D eigenvalue weighted by Gasteiger charge is 2.23. The smallest absolute Gasteiger partial charge is 0.251 e. The Labute approximate surface area is 106 Å². The Hall–Kier alpha value is -2.35. The van der Waals surface area contributed by atoms with Crippen molar-refractivity contribution in [1.82, 2.24) is 5.32 Å². The van der Waals surface area contributed by atoms with Crippen LogP contribution in [-0.2, 0) is 4.79 Å². The van der Waals surface area contributed by atoms with Crippen LogP contribution in [0.5, 0.6) is 0 Å². The Balaban J connectivity index is 2.82. The summed E-state index contributed by atoms with van der Waals surface area (Å²) in [4.78, 5) is 22.8. The van der Waals surface area contributed by atoms with Gasteiger partial charge in [-0.3, -0.25) is 9.59 Å². The first kappa shape index (κ1) is 13.7. The molecule has 0 saturated heterocycles. The Bertz CT molecular complexity index is 515. The van der Waals surface area contributed by atoms with E-state index in [4.69, 9.17) is 11.0 Å². The first-order valence-electron chi connectivity index (χ1n) is 5.45. The lowest BCUT2D eigenvalue weighted by molar-refractivity contribution is -0.119. The van der Waals surface area contributed by atoms with Gasteiger partial charge in [-0.1, -0.05) is 6.07 Å². The summed E-state index contributed by atoms with van der Waals surface area (Å²) in [7, 11) is 0. The number of nitrogens with two attached hydrogens (primary N) is 1. The van der Waals surface area contributed by atoms with Gasteiger partial charge in [0.15, 0.2) is 0 Å². The second-order valence-corrected chi connectivity index (χ2v) is 4.67. The maximum absolute atomic E-state index is 11.9. The second-order valence-electron chi connectivity index (χ2n) is 4.67. The molecule has 0 aliphatic rings. The van der Waals surface area contributed by atoms with Crippen molar-refractivity contribution < 1.29 is 9.59 Å². The van der Waals surface area contributed by atoms with Crippen LogP contribution in [0.2, 0.25) is 0 Å². The van der Waals surface area contributed by atoms with E-state index in [0.29, 0.717) is 11.1 Å². The predicted octanol–water partition coefficient (Wildman–Crippen LogP) is 0.942. The van der Waals surface area contributed by atoms with Crippen LogP contribution in [0.3, 0.4) is 0 Å². The molecule has 0 fully saturated rings. The number of nitrogens with zero attached hydrogens (tertiary/aromatic N) is 1. The monoisotopic (exact) mass is 245 g/mol. The number of nitrogens with one attached hydrogen (secondary N) is 1. The zero-order chi connectivity index (χ0) is 13.8. The molecule has 5 heteroatoms. The summed E-state index contributed by atoms with van der Waals surface area (Å²) in [5.41, 5.74) is 5.18. The number of primary amides is 1. The van der Waals surface area contributed by atoms with Crippen molar-refractivity contribution in [2.24, 2.45) is 5.73 Å². The summed E-state index contributed by atoms with van der Waals surface area (Å²) < 4.78 is 0. The maximum Gasteiger partial charge on any atom is 0.251 e. The third-order valence-corrected chi connectivity index (χ3v) is 2.32. The number of amides is 2. The van der Waals surface area contributed by atoms with Gasteiger partial charge in [0.2, 0.25) is 5.91 Å². The summed E-state index contributed by atoms with van der Waals surface area (Å²) in [5, 5.41) is 11.5. The fourth-order valence-electron chi connectivity index (χ4n) is 1.59. The van der Waals surface area contributed by atoms with Gasteiger partial charge in [0.05, 0.1) is 11.6 Å². The van der Waals surface area contributed by atoms with E-state index in [2.05, 4.69) is 5.32 Å². The second kappa shape index (κ2) is 5.32. The van der Waals surface area contributed by atoms with Crippen LogP contribution in [0.4, 0.5) is 0 Å². The standard InChI is InChI=1S/C13H15N3O2/c1-13(2,7-11(15)17)16-12(18)10-5-3-4-9(6-10)8-14/h3-6H,7H2,1-2H3,(H2,15,17)(H,16,18). The molecule has 0 aromatic heterocycles. The van der Waals surface area contributed by atoms with Gasteiger partial charge in [0, 0.05) is 17.5 Å². The maximum atomic E-state index is 11.9. The molecule has 0 heterocycles. The van der Waals surface area contributed by atoms with Gasteiger partial charge in [-0.25, -0.2) is 0 Å². The lowest BCUT2D eigenvalue weighted by Crippen LogP contribution is -2.46.